The zero-order valence-electron chi connectivity index (χ0n) is 10.3. The third-order valence-corrected chi connectivity index (χ3v) is 3.24. The molecule has 0 atom stereocenters. The Hall–Kier alpha value is -2.62. The number of aryl methyl sites for hydroxylation is 1. The Kier molecular flexibility index (Phi) is 2.38. The summed E-state index contributed by atoms with van der Waals surface area (Å²) in [6.45, 7) is 1.75. The summed E-state index contributed by atoms with van der Waals surface area (Å²) in [5, 5.41) is 9.70. The van der Waals surface area contributed by atoms with Crippen LogP contribution in [-0.2, 0) is 0 Å². The minimum Gasteiger partial charge on any atom is -0.508 e. The summed E-state index contributed by atoms with van der Waals surface area (Å²) >= 11 is 0. The summed E-state index contributed by atoms with van der Waals surface area (Å²) in [6, 6.07) is 11.5. The number of anilines is 1. The fourth-order valence-electron chi connectivity index (χ4n) is 2.16. The molecule has 0 unspecified atom stereocenters. The third-order valence-electron chi connectivity index (χ3n) is 3.24. The Labute approximate surface area is 109 Å². The van der Waals surface area contributed by atoms with E-state index in [1.54, 1.807) is 43.3 Å². The zero-order chi connectivity index (χ0) is 13.6. The molecule has 19 heavy (non-hydrogen) atoms. The number of hydrogen-bond acceptors (Lipinski definition) is 3. The fourth-order valence-corrected chi connectivity index (χ4v) is 2.16. The maximum absolute atomic E-state index is 12.2. The highest BCUT2D eigenvalue weighted by Crippen LogP contribution is 2.31. The number of rotatable bonds is 1. The highest BCUT2D eigenvalue weighted by Gasteiger charge is 2.36. The summed E-state index contributed by atoms with van der Waals surface area (Å²) in [4.78, 5) is 25.5. The number of hydrogen-bond donors (Lipinski definition) is 1. The van der Waals surface area contributed by atoms with Crippen molar-refractivity contribution in [1.82, 2.24) is 0 Å². The van der Waals surface area contributed by atoms with E-state index in [0.29, 0.717) is 22.4 Å². The molecule has 0 spiro atoms. The van der Waals surface area contributed by atoms with Gasteiger partial charge in [0.05, 0.1) is 16.8 Å². The first-order chi connectivity index (χ1) is 9.09. The van der Waals surface area contributed by atoms with Gasteiger partial charge in [-0.25, -0.2) is 4.90 Å². The number of benzene rings is 2. The molecule has 0 aromatic heterocycles. The van der Waals surface area contributed by atoms with Crippen molar-refractivity contribution < 1.29 is 14.7 Å². The maximum atomic E-state index is 12.2. The Morgan fingerprint density at radius 2 is 1.53 bits per heavy atom. The van der Waals surface area contributed by atoms with Gasteiger partial charge in [0, 0.05) is 6.07 Å². The average molecular weight is 253 g/mol. The second-order valence-corrected chi connectivity index (χ2v) is 4.46. The topological polar surface area (TPSA) is 57.6 Å². The number of amides is 2. The molecule has 2 amide bonds. The smallest absolute Gasteiger partial charge is 0.266 e. The molecule has 94 valence electrons. The van der Waals surface area contributed by atoms with Gasteiger partial charge in [-0.2, -0.15) is 0 Å². The molecule has 3 rings (SSSR count). The standard InChI is InChI=1S/C15H11NO3/c1-9-6-7-10(8-13(9)17)16-14(18)11-4-2-3-5-12(11)15(16)19/h2-8,17H,1H3. The van der Waals surface area contributed by atoms with Crippen molar-refractivity contribution in [2.24, 2.45) is 0 Å². The molecule has 0 saturated carbocycles. The Balaban J connectivity index is 2.11. The lowest BCUT2D eigenvalue weighted by Gasteiger charge is -2.14. The van der Waals surface area contributed by atoms with Crippen molar-refractivity contribution in [1.29, 1.82) is 0 Å². The summed E-state index contributed by atoms with van der Waals surface area (Å²) in [5.74, 6) is -0.651. The van der Waals surface area contributed by atoms with Crippen molar-refractivity contribution in [3.63, 3.8) is 0 Å². The molecule has 1 N–H and O–H groups in total. The number of nitrogens with zero attached hydrogens (tertiary/aromatic N) is 1. The second-order valence-electron chi connectivity index (χ2n) is 4.46. The molecular formula is C15H11NO3. The van der Waals surface area contributed by atoms with E-state index in [2.05, 4.69) is 0 Å². The van der Waals surface area contributed by atoms with Crippen molar-refractivity contribution in [2.45, 2.75) is 6.92 Å². The van der Waals surface area contributed by atoms with E-state index >= 15 is 0 Å². The molecule has 2 aromatic carbocycles. The van der Waals surface area contributed by atoms with E-state index in [1.807, 2.05) is 0 Å². The van der Waals surface area contributed by atoms with E-state index < -0.39 is 0 Å². The largest absolute Gasteiger partial charge is 0.508 e. The van der Waals surface area contributed by atoms with Crippen molar-refractivity contribution in [2.75, 3.05) is 4.90 Å². The van der Waals surface area contributed by atoms with E-state index in [0.717, 1.165) is 4.90 Å². The van der Waals surface area contributed by atoms with Crippen LogP contribution in [-0.4, -0.2) is 16.9 Å². The second kappa shape index (κ2) is 3.95. The Bertz CT molecular complexity index is 671. The zero-order valence-corrected chi connectivity index (χ0v) is 10.3. The molecule has 1 aliphatic heterocycles. The number of carbonyl (C=O) groups is 2. The van der Waals surface area contributed by atoms with E-state index in [-0.39, 0.29) is 17.6 Å². The van der Waals surface area contributed by atoms with Crippen LogP contribution >= 0.6 is 0 Å². The van der Waals surface area contributed by atoms with Crippen LogP contribution in [0.5, 0.6) is 5.75 Å². The van der Waals surface area contributed by atoms with Crippen LogP contribution in [0.1, 0.15) is 26.3 Å². The Morgan fingerprint density at radius 3 is 2.05 bits per heavy atom. The minimum absolute atomic E-state index is 0.0639. The van der Waals surface area contributed by atoms with Crippen LogP contribution in [0.3, 0.4) is 0 Å². The summed E-state index contributed by atoms with van der Waals surface area (Å²) in [7, 11) is 0. The van der Waals surface area contributed by atoms with Crippen LogP contribution in [0, 0.1) is 6.92 Å². The van der Waals surface area contributed by atoms with E-state index in [1.165, 1.54) is 6.07 Å². The first-order valence-electron chi connectivity index (χ1n) is 5.87. The van der Waals surface area contributed by atoms with Crippen LogP contribution in [0.25, 0.3) is 0 Å². The number of aromatic hydroxyl groups is 1. The van der Waals surface area contributed by atoms with Gasteiger partial charge < -0.3 is 5.11 Å². The SMILES string of the molecule is Cc1ccc(N2C(=O)c3ccccc3C2=O)cc1O. The molecule has 1 aliphatic rings. The quantitative estimate of drug-likeness (QED) is 0.794. The molecule has 0 aliphatic carbocycles. The van der Waals surface area contributed by atoms with Gasteiger partial charge in [-0.3, -0.25) is 9.59 Å². The monoisotopic (exact) mass is 253 g/mol. The summed E-state index contributed by atoms with van der Waals surface area (Å²) < 4.78 is 0. The molecule has 1 heterocycles. The summed E-state index contributed by atoms with van der Waals surface area (Å²) in [6.07, 6.45) is 0. The van der Waals surface area contributed by atoms with Gasteiger partial charge in [-0.15, -0.1) is 0 Å². The Morgan fingerprint density at radius 1 is 0.947 bits per heavy atom. The van der Waals surface area contributed by atoms with Crippen LogP contribution < -0.4 is 4.90 Å². The predicted molar refractivity (Wildman–Crippen MR) is 70.4 cm³/mol. The number of imide groups is 1. The van der Waals surface area contributed by atoms with Gasteiger partial charge in [0.1, 0.15) is 5.75 Å². The molecule has 0 saturated heterocycles. The number of fused-ring (bicyclic) bond motifs is 1. The molecule has 2 aromatic rings. The van der Waals surface area contributed by atoms with Crippen molar-refractivity contribution >= 4 is 17.5 Å². The molecule has 0 fully saturated rings. The molecule has 4 nitrogen and oxygen atoms in total. The molecule has 0 radical (unpaired) electrons. The number of carbonyl (C=O) groups excluding carboxylic acids is 2. The van der Waals surface area contributed by atoms with Gasteiger partial charge in [0.25, 0.3) is 11.8 Å². The van der Waals surface area contributed by atoms with Crippen molar-refractivity contribution in [3.05, 3.63) is 59.2 Å². The number of phenols is 1. The molecular weight excluding hydrogens is 242 g/mol. The highest BCUT2D eigenvalue weighted by molar-refractivity contribution is 6.34. The molecule has 0 bridgehead atoms. The van der Waals surface area contributed by atoms with Gasteiger partial charge in [0.15, 0.2) is 0 Å². The maximum Gasteiger partial charge on any atom is 0.266 e. The van der Waals surface area contributed by atoms with Gasteiger partial charge in [0.2, 0.25) is 0 Å². The summed E-state index contributed by atoms with van der Waals surface area (Å²) in [5.41, 5.74) is 1.87. The number of phenolic OH excluding ortho intramolecular Hbond substituents is 1. The predicted octanol–water partition coefficient (Wildman–Crippen LogP) is 2.50. The van der Waals surface area contributed by atoms with Gasteiger partial charge >= 0.3 is 0 Å². The average Bonchev–Trinajstić information content (AvgIpc) is 2.66. The highest BCUT2D eigenvalue weighted by atomic mass is 16.3. The van der Waals surface area contributed by atoms with Crippen LogP contribution in [0.15, 0.2) is 42.5 Å². The first kappa shape index (κ1) is 11.5. The normalized spacial score (nSPS) is 13.8. The van der Waals surface area contributed by atoms with Crippen molar-refractivity contribution in [3.8, 4) is 5.75 Å². The first-order valence-corrected chi connectivity index (χ1v) is 5.87. The van der Waals surface area contributed by atoms with E-state index in [9.17, 15) is 14.7 Å². The molecule has 4 heteroatoms. The minimum atomic E-state index is -0.358. The van der Waals surface area contributed by atoms with Gasteiger partial charge in [-0.05, 0) is 30.7 Å². The van der Waals surface area contributed by atoms with Crippen LogP contribution in [0.2, 0.25) is 0 Å². The lowest BCUT2D eigenvalue weighted by molar-refractivity contribution is 0.0926. The van der Waals surface area contributed by atoms with Crippen LogP contribution in [0.4, 0.5) is 5.69 Å². The lowest BCUT2D eigenvalue weighted by Crippen LogP contribution is -2.29. The van der Waals surface area contributed by atoms with E-state index in [4.69, 9.17) is 0 Å². The van der Waals surface area contributed by atoms with Gasteiger partial charge in [-0.1, -0.05) is 18.2 Å². The fraction of sp³-hybridized carbons (Fsp3) is 0.0667. The lowest BCUT2D eigenvalue weighted by atomic mass is 10.1. The third kappa shape index (κ3) is 1.61.